The Labute approximate surface area is 362 Å². The molecular formula is C42H56N12O6S2. The fourth-order valence-electron chi connectivity index (χ4n) is 7.36. The predicted octanol–water partition coefficient (Wildman–Crippen LogP) is 7.34. The summed E-state index contributed by atoms with van der Waals surface area (Å²) in [4.78, 5) is 32.9. The minimum absolute atomic E-state index is 0.204. The highest BCUT2D eigenvalue weighted by Gasteiger charge is 2.20. The van der Waals surface area contributed by atoms with E-state index in [4.69, 9.17) is 9.47 Å². The summed E-state index contributed by atoms with van der Waals surface area (Å²) >= 11 is 0. The number of fused-ring (bicyclic) bond motifs is 2. The summed E-state index contributed by atoms with van der Waals surface area (Å²) in [6, 6.07) is 12.9. The van der Waals surface area contributed by atoms with E-state index < -0.39 is 20.0 Å². The van der Waals surface area contributed by atoms with Crippen LogP contribution in [0.25, 0.3) is 22.3 Å². The maximum absolute atomic E-state index is 12.4. The summed E-state index contributed by atoms with van der Waals surface area (Å²) in [5, 5.41) is 6.23. The predicted molar refractivity (Wildman–Crippen MR) is 238 cm³/mol. The van der Waals surface area contributed by atoms with Crippen molar-refractivity contribution in [3.63, 3.8) is 0 Å². The largest absolute Gasteiger partial charge is 0.476 e. The van der Waals surface area contributed by atoms with Gasteiger partial charge in [0.25, 0.3) is 0 Å². The molecule has 0 unspecified atom stereocenters. The first kappa shape index (κ1) is 44.6. The molecule has 62 heavy (non-hydrogen) atoms. The number of hydrogen-bond acceptors (Lipinski definition) is 14. The van der Waals surface area contributed by atoms with Gasteiger partial charge in [-0.05, 0) is 92.0 Å². The number of sulfonamides is 2. The van der Waals surface area contributed by atoms with Gasteiger partial charge < -0.3 is 30.1 Å². The number of nitrogens with one attached hydrogen (secondary N) is 6. The lowest BCUT2D eigenvalue weighted by Crippen LogP contribution is -2.27. The zero-order valence-electron chi connectivity index (χ0n) is 35.4. The van der Waals surface area contributed by atoms with Crippen molar-refractivity contribution in [2.45, 2.75) is 94.8 Å². The molecule has 0 aliphatic heterocycles. The molecule has 2 saturated carbocycles. The molecule has 8 rings (SSSR count). The van der Waals surface area contributed by atoms with Gasteiger partial charge >= 0.3 is 0 Å². The monoisotopic (exact) mass is 888 g/mol. The molecule has 0 saturated heterocycles. The number of aromatic amines is 2. The highest BCUT2D eigenvalue weighted by molar-refractivity contribution is 7.89. The first-order valence-electron chi connectivity index (χ1n) is 21.4. The van der Waals surface area contributed by atoms with Crippen molar-refractivity contribution >= 4 is 65.6 Å². The number of H-pyrrole nitrogens is 2. The van der Waals surface area contributed by atoms with Crippen LogP contribution in [0.1, 0.15) is 85.0 Å². The summed E-state index contributed by atoms with van der Waals surface area (Å²) in [6.45, 7) is 7.64. The van der Waals surface area contributed by atoms with E-state index in [9.17, 15) is 16.8 Å². The summed E-state index contributed by atoms with van der Waals surface area (Å²) < 4.78 is 66.1. The third-order valence-corrected chi connectivity index (χ3v) is 13.7. The van der Waals surface area contributed by atoms with Crippen LogP contribution in [0.4, 0.5) is 23.3 Å². The van der Waals surface area contributed by atoms with E-state index in [0.717, 1.165) is 0 Å². The van der Waals surface area contributed by atoms with Crippen LogP contribution in [0.2, 0.25) is 0 Å². The second-order valence-corrected chi connectivity index (χ2v) is 19.6. The van der Waals surface area contributed by atoms with Crippen LogP contribution in [0.15, 0.2) is 71.0 Å². The first-order valence-corrected chi connectivity index (χ1v) is 24.3. The maximum Gasteiger partial charge on any atom is 0.245 e. The van der Waals surface area contributed by atoms with Crippen LogP contribution < -0.4 is 29.6 Å². The van der Waals surface area contributed by atoms with E-state index in [-0.39, 0.29) is 15.7 Å². The Kier molecular flexibility index (Phi) is 14.8. The SMILES string of the molecule is CC(C)CNS(=O)(=O)c1ccc(Nc2nc(OCC3CCCCC3)c3[nH]cnc3n2)cc1.CCNS(=O)(=O)c1ccc(Nc2nc(OCC3CCCCC3)c3[nH]cnc3n2)cc1. The second-order valence-electron chi connectivity index (χ2n) is 16.1. The van der Waals surface area contributed by atoms with E-state index >= 15 is 0 Å². The van der Waals surface area contributed by atoms with E-state index in [1.165, 1.54) is 76.3 Å². The van der Waals surface area contributed by atoms with Gasteiger partial charge in [0.15, 0.2) is 11.3 Å². The van der Waals surface area contributed by atoms with Crippen LogP contribution in [-0.2, 0) is 20.0 Å². The van der Waals surface area contributed by atoms with Crippen molar-refractivity contribution in [3.05, 3.63) is 61.2 Å². The number of nitrogens with zero attached hydrogens (tertiary/aromatic N) is 6. The van der Waals surface area contributed by atoms with Crippen LogP contribution in [-0.4, -0.2) is 83.0 Å². The molecule has 6 aromatic rings. The fourth-order valence-corrected chi connectivity index (χ4v) is 9.62. The molecule has 18 nitrogen and oxygen atoms in total. The lowest BCUT2D eigenvalue weighted by molar-refractivity contribution is 0.204. The molecule has 0 spiro atoms. The number of ether oxygens (including phenoxy) is 2. The van der Waals surface area contributed by atoms with E-state index in [2.05, 4.69) is 59.9 Å². The average Bonchev–Trinajstić information content (AvgIpc) is 3.96. The Bertz CT molecular complexity index is 2590. The van der Waals surface area contributed by atoms with E-state index in [1.54, 1.807) is 56.0 Å². The second kappa shape index (κ2) is 20.6. The Morgan fingerprint density at radius 1 is 0.613 bits per heavy atom. The minimum Gasteiger partial charge on any atom is -0.476 e. The van der Waals surface area contributed by atoms with Crippen molar-refractivity contribution in [1.29, 1.82) is 0 Å². The minimum atomic E-state index is -3.53. The Morgan fingerprint density at radius 2 is 1.03 bits per heavy atom. The lowest BCUT2D eigenvalue weighted by Gasteiger charge is -2.21. The third kappa shape index (κ3) is 11.9. The molecule has 6 N–H and O–H groups in total. The molecule has 0 bridgehead atoms. The number of benzene rings is 2. The molecule has 4 aromatic heterocycles. The molecule has 4 heterocycles. The van der Waals surface area contributed by atoms with Crippen LogP contribution in [0.3, 0.4) is 0 Å². The average molecular weight is 889 g/mol. The third-order valence-electron chi connectivity index (χ3n) is 10.7. The van der Waals surface area contributed by atoms with Gasteiger partial charge in [0.1, 0.15) is 11.0 Å². The topological polar surface area (TPSA) is 244 Å². The fraction of sp³-hybridized carbons (Fsp3) is 0.476. The Hall–Kier alpha value is -5.44. The summed E-state index contributed by atoms with van der Waals surface area (Å²) in [6.07, 6.45) is 15.5. The van der Waals surface area contributed by atoms with Crippen LogP contribution >= 0.6 is 0 Å². The summed E-state index contributed by atoms with van der Waals surface area (Å²) in [7, 11) is -7.02. The molecule has 0 amide bonds. The van der Waals surface area contributed by atoms with Crippen LogP contribution in [0.5, 0.6) is 11.8 Å². The molecule has 2 aliphatic rings. The van der Waals surface area contributed by atoms with Gasteiger partial charge in [0.05, 0.1) is 35.7 Å². The Balaban J connectivity index is 0.000000187. The zero-order chi connectivity index (χ0) is 43.5. The molecule has 2 aliphatic carbocycles. The summed E-state index contributed by atoms with van der Waals surface area (Å²) in [5.74, 6) is 2.96. The molecular weight excluding hydrogens is 833 g/mol. The molecule has 0 radical (unpaired) electrons. The molecule has 20 heteroatoms. The van der Waals surface area contributed by atoms with Gasteiger partial charge in [-0.2, -0.15) is 19.9 Å². The van der Waals surface area contributed by atoms with Gasteiger partial charge in [0.2, 0.25) is 43.7 Å². The van der Waals surface area contributed by atoms with Gasteiger partial charge in [-0.1, -0.05) is 59.3 Å². The van der Waals surface area contributed by atoms with Crippen molar-refractivity contribution < 1.29 is 26.3 Å². The van der Waals surface area contributed by atoms with Crippen molar-refractivity contribution in [3.8, 4) is 11.8 Å². The van der Waals surface area contributed by atoms with E-state index in [0.29, 0.717) is 95.5 Å². The van der Waals surface area contributed by atoms with Crippen molar-refractivity contribution in [1.82, 2.24) is 49.3 Å². The van der Waals surface area contributed by atoms with Gasteiger partial charge in [-0.25, -0.2) is 36.2 Å². The van der Waals surface area contributed by atoms with Crippen molar-refractivity contribution in [2.75, 3.05) is 36.9 Å². The van der Waals surface area contributed by atoms with Crippen molar-refractivity contribution in [2.24, 2.45) is 17.8 Å². The standard InChI is InChI=1S/C22H30N6O3S.C20H26N6O3S/c1-15(2)12-25-32(29,30)18-10-8-17(9-11-18)26-22-27-20-19(23-14-24-20)21(28-22)31-13-16-6-4-3-5-7-16;1-2-23-30(27,28)16-10-8-15(9-11-16)24-20-25-18-17(21-13-22-18)19(26-20)29-12-14-6-4-3-5-7-14/h8-11,14-16,25H,3-7,12-13H2,1-2H3,(H2,23,24,26,27,28);8-11,13-14,23H,2-7,12H2,1H3,(H2,21,22,24,25,26). The zero-order valence-corrected chi connectivity index (χ0v) is 37.0. The van der Waals surface area contributed by atoms with Gasteiger partial charge in [0, 0.05) is 24.5 Å². The lowest BCUT2D eigenvalue weighted by atomic mass is 9.90. The number of hydrogen-bond donors (Lipinski definition) is 6. The smallest absolute Gasteiger partial charge is 0.245 e. The van der Waals surface area contributed by atoms with Crippen LogP contribution in [0, 0.1) is 17.8 Å². The molecule has 2 fully saturated rings. The van der Waals surface area contributed by atoms with Gasteiger partial charge in [-0.15, -0.1) is 0 Å². The quantitative estimate of drug-likeness (QED) is 0.0525. The highest BCUT2D eigenvalue weighted by atomic mass is 32.2. The van der Waals surface area contributed by atoms with Gasteiger partial charge in [-0.3, -0.25) is 0 Å². The number of aromatic nitrogens is 8. The number of anilines is 4. The number of imidazole rings is 2. The first-order chi connectivity index (χ1) is 30.0. The van der Waals surface area contributed by atoms with E-state index in [1.807, 2.05) is 13.8 Å². The normalized spacial score (nSPS) is 15.4. The summed E-state index contributed by atoms with van der Waals surface area (Å²) in [5.41, 5.74) is 3.70. The molecule has 0 atom stereocenters. The maximum atomic E-state index is 12.4. The molecule has 2 aromatic carbocycles. The molecule has 332 valence electrons. The Morgan fingerprint density at radius 3 is 1.44 bits per heavy atom. The highest BCUT2D eigenvalue weighted by Crippen LogP contribution is 2.29. The number of rotatable bonds is 17.